The van der Waals surface area contributed by atoms with E-state index in [-0.39, 0.29) is 22.2 Å². The normalized spacial score (nSPS) is 11.7. The Bertz CT molecular complexity index is 1440. The van der Waals surface area contributed by atoms with Crippen molar-refractivity contribution in [1.82, 2.24) is 9.55 Å². The molecule has 0 fully saturated rings. The van der Waals surface area contributed by atoms with E-state index < -0.39 is 23.5 Å². The Labute approximate surface area is 199 Å². The average molecular weight is 508 g/mol. The lowest BCUT2D eigenvalue weighted by molar-refractivity contribution is -0.137. The number of alkyl halides is 3. The number of anilines is 1. The number of rotatable bonds is 5. The standard InChI is InChI=1S/C23H17F4N3O2S2/c1-12-13(2)34-20-19(12)21(32)30(17-8-6-15(24)7-9-17)22(29-20)33-11-18(31)28-16-5-3-4-14(10-16)23(25,26)27/h3-10H,11H2,1-2H3,(H,28,31). The lowest BCUT2D eigenvalue weighted by Crippen LogP contribution is -2.23. The largest absolute Gasteiger partial charge is 0.416 e. The van der Waals surface area contributed by atoms with Gasteiger partial charge in [-0.15, -0.1) is 11.3 Å². The fraction of sp³-hybridized carbons (Fsp3) is 0.174. The summed E-state index contributed by atoms with van der Waals surface area (Å²) in [5.74, 6) is -1.25. The van der Waals surface area contributed by atoms with Crippen LogP contribution in [0.5, 0.6) is 0 Å². The number of aromatic nitrogens is 2. The number of hydrogen-bond acceptors (Lipinski definition) is 5. The summed E-state index contributed by atoms with van der Waals surface area (Å²) in [6.07, 6.45) is -4.53. The van der Waals surface area contributed by atoms with E-state index in [1.807, 2.05) is 13.8 Å². The molecule has 0 atom stereocenters. The summed E-state index contributed by atoms with van der Waals surface area (Å²) in [6, 6.07) is 9.62. The summed E-state index contributed by atoms with van der Waals surface area (Å²) in [5, 5.41) is 3.10. The van der Waals surface area contributed by atoms with Gasteiger partial charge < -0.3 is 5.32 Å². The molecule has 0 aliphatic heterocycles. The van der Waals surface area contributed by atoms with E-state index in [1.165, 1.54) is 52.3 Å². The molecule has 1 amide bonds. The molecular weight excluding hydrogens is 490 g/mol. The maximum Gasteiger partial charge on any atom is 0.416 e. The summed E-state index contributed by atoms with van der Waals surface area (Å²) < 4.78 is 53.5. The molecule has 4 aromatic rings. The molecule has 2 aromatic heterocycles. The van der Waals surface area contributed by atoms with E-state index in [9.17, 15) is 27.2 Å². The van der Waals surface area contributed by atoms with Gasteiger partial charge in [0.25, 0.3) is 5.56 Å². The van der Waals surface area contributed by atoms with Gasteiger partial charge >= 0.3 is 6.18 Å². The Morgan fingerprint density at radius 2 is 1.85 bits per heavy atom. The van der Waals surface area contributed by atoms with Crippen LogP contribution in [-0.2, 0) is 11.0 Å². The smallest absolute Gasteiger partial charge is 0.325 e. The second-order valence-electron chi connectivity index (χ2n) is 7.39. The van der Waals surface area contributed by atoms with Crippen LogP contribution in [0.2, 0.25) is 0 Å². The third-order valence-electron chi connectivity index (χ3n) is 5.06. The molecule has 0 saturated heterocycles. The van der Waals surface area contributed by atoms with Crippen LogP contribution >= 0.6 is 23.1 Å². The number of fused-ring (bicyclic) bond motifs is 1. The molecule has 2 aromatic carbocycles. The van der Waals surface area contributed by atoms with Crippen LogP contribution < -0.4 is 10.9 Å². The van der Waals surface area contributed by atoms with Gasteiger partial charge in [0.1, 0.15) is 10.6 Å². The van der Waals surface area contributed by atoms with Gasteiger partial charge in [-0.05, 0) is 61.9 Å². The Balaban J connectivity index is 1.65. The van der Waals surface area contributed by atoms with E-state index in [4.69, 9.17) is 0 Å². The highest BCUT2D eigenvalue weighted by Crippen LogP contribution is 2.31. The average Bonchev–Trinajstić information content (AvgIpc) is 3.06. The van der Waals surface area contributed by atoms with E-state index in [1.54, 1.807) is 0 Å². The highest BCUT2D eigenvalue weighted by atomic mass is 32.2. The Hall–Kier alpha value is -3.18. The van der Waals surface area contributed by atoms with Crippen molar-refractivity contribution in [2.45, 2.75) is 25.2 Å². The van der Waals surface area contributed by atoms with Crippen molar-refractivity contribution in [1.29, 1.82) is 0 Å². The molecule has 0 bridgehead atoms. The first-order valence-electron chi connectivity index (χ1n) is 9.93. The summed E-state index contributed by atoms with van der Waals surface area (Å²) in [7, 11) is 0. The Kier molecular flexibility index (Phi) is 6.50. The summed E-state index contributed by atoms with van der Waals surface area (Å²) >= 11 is 2.31. The van der Waals surface area contributed by atoms with Crippen LogP contribution in [0.25, 0.3) is 15.9 Å². The zero-order valence-electron chi connectivity index (χ0n) is 17.9. The predicted molar refractivity (Wildman–Crippen MR) is 125 cm³/mol. The SMILES string of the molecule is Cc1sc2nc(SCC(=O)Nc3cccc(C(F)(F)F)c3)n(-c3ccc(F)cc3)c(=O)c2c1C. The van der Waals surface area contributed by atoms with Crippen LogP contribution in [0.15, 0.2) is 58.5 Å². The fourth-order valence-electron chi connectivity index (χ4n) is 3.29. The predicted octanol–water partition coefficient (Wildman–Crippen LogP) is 5.95. The molecule has 5 nitrogen and oxygen atoms in total. The van der Waals surface area contributed by atoms with Crippen LogP contribution in [0.4, 0.5) is 23.2 Å². The fourth-order valence-corrected chi connectivity index (χ4v) is 5.17. The van der Waals surface area contributed by atoms with Gasteiger partial charge in [-0.3, -0.25) is 14.2 Å². The molecule has 4 rings (SSSR count). The van der Waals surface area contributed by atoms with Crippen molar-refractivity contribution >= 4 is 44.9 Å². The molecule has 1 N–H and O–H groups in total. The van der Waals surface area contributed by atoms with Crippen molar-refractivity contribution in [3.05, 3.63) is 80.7 Å². The molecule has 0 radical (unpaired) electrons. The van der Waals surface area contributed by atoms with Gasteiger partial charge in [-0.1, -0.05) is 17.8 Å². The van der Waals surface area contributed by atoms with Crippen LogP contribution in [-0.4, -0.2) is 21.2 Å². The lowest BCUT2D eigenvalue weighted by Gasteiger charge is -2.13. The first-order valence-corrected chi connectivity index (χ1v) is 11.7. The van der Waals surface area contributed by atoms with E-state index in [0.717, 1.165) is 34.3 Å². The third kappa shape index (κ3) is 4.85. The minimum Gasteiger partial charge on any atom is -0.325 e. The van der Waals surface area contributed by atoms with Gasteiger partial charge in [0.2, 0.25) is 5.91 Å². The molecule has 176 valence electrons. The van der Waals surface area contributed by atoms with Crippen molar-refractivity contribution in [3.8, 4) is 5.69 Å². The number of halogens is 4. The molecule has 0 unspecified atom stereocenters. The lowest BCUT2D eigenvalue weighted by atomic mass is 10.2. The third-order valence-corrected chi connectivity index (χ3v) is 7.10. The number of aryl methyl sites for hydroxylation is 2. The molecule has 0 saturated carbocycles. The number of benzene rings is 2. The molecule has 0 aliphatic rings. The zero-order valence-corrected chi connectivity index (χ0v) is 19.5. The Morgan fingerprint density at radius 1 is 1.15 bits per heavy atom. The van der Waals surface area contributed by atoms with Gasteiger partial charge in [0, 0.05) is 10.6 Å². The number of carbonyl (C=O) groups is 1. The molecule has 11 heteroatoms. The summed E-state index contributed by atoms with van der Waals surface area (Å²) in [6.45, 7) is 3.69. The minimum atomic E-state index is -4.53. The van der Waals surface area contributed by atoms with Gasteiger partial charge in [-0.2, -0.15) is 13.2 Å². The molecule has 0 spiro atoms. The first kappa shape index (κ1) is 24.0. The maximum absolute atomic E-state index is 13.5. The van der Waals surface area contributed by atoms with Gasteiger partial charge in [0.05, 0.1) is 22.4 Å². The molecule has 34 heavy (non-hydrogen) atoms. The van der Waals surface area contributed by atoms with Crippen molar-refractivity contribution in [3.63, 3.8) is 0 Å². The van der Waals surface area contributed by atoms with Crippen molar-refractivity contribution in [2.75, 3.05) is 11.1 Å². The monoisotopic (exact) mass is 507 g/mol. The quantitative estimate of drug-likeness (QED) is 0.206. The van der Waals surface area contributed by atoms with Crippen molar-refractivity contribution < 1.29 is 22.4 Å². The second-order valence-corrected chi connectivity index (χ2v) is 9.54. The number of nitrogens with one attached hydrogen (secondary N) is 1. The van der Waals surface area contributed by atoms with E-state index in [2.05, 4.69) is 10.3 Å². The van der Waals surface area contributed by atoms with Crippen LogP contribution in [0.1, 0.15) is 16.0 Å². The van der Waals surface area contributed by atoms with Crippen molar-refractivity contribution in [2.24, 2.45) is 0 Å². The molecular formula is C23H17F4N3O2S2. The maximum atomic E-state index is 13.5. The second kappa shape index (κ2) is 9.22. The topological polar surface area (TPSA) is 64.0 Å². The summed E-state index contributed by atoms with van der Waals surface area (Å²) in [5.41, 5.74) is -0.0424. The Morgan fingerprint density at radius 3 is 2.53 bits per heavy atom. The van der Waals surface area contributed by atoms with E-state index >= 15 is 0 Å². The number of amides is 1. The molecule has 0 aliphatic carbocycles. The molecule has 2 heterocycles. The number of carbonyl (C=O) groups excluding carboxylic acids is 1. The first-order chi connectivity index (χ1) is 16.0. The van der Waals surface area contributed by atoms with Crippen LogP contribution in [0, 0.1) is 19.7 Å². The summed E-state index contributed by atoms with van der Waals surface area (Å²) in [4.78, 5) is 31.8. The van der Waals surface area contributed by atoms with E-state index in [0.29, 0.717) is 15.9 Å². The minimum absolute atomic E-state index is 0.00395. The number of hydrogen-bond donors (Lipinski definition) is 1. The zero-order chi connectivity index (χ0) is 24.6. The number of thiophene rings is 1. The van der Waals surface area contributed by atoms with Gasteiger partial charge in [0.15, 0.2) is 5.16 Å². The highest BCUT2D eigenvalue weighted by Gasteiger charge is 2.30. The number of nitrogens with zero attached hydrogens (tertiary/aromatic N) is 2. The number of thioether (sulfide) groups is 1. The van der Waals surface area contributed by atoms with Gasteiger partial charge in [-0.25, -0.2) is 9.37 Å². The highest BCUT2D eigenvalue weighted by molar-refractivity contribution is 7.99. The van der Waals surface area contributed by atoms with Crippen LogP contribution in [0.3, 0.4) is 0 Å².